The summed E-state index contributed by atoms with van der Waals surface area (Å²) in [6, 6.07) is 5.81. The number of carboxylic acid groups (broad SMARTS) is 1. The molecule has 0 spiro atoms. The van der Waals surface area contributed by atoms with Gasteiger partial charge in [0.15, 0.2) is 0 Å². The van der Waals surface area contributed by atoms with Crippen LogP contribution in [0.25, 0.3) is 0 Å². The first-order chi connectivity index (χ1) is 7.84. The maximum Gasteiger partial charge on any atom is 0.339 e. The summed E-state index contributed by atoms with van der Waals surface area (Å²) in [5.74, 6) is -1.31. The Bertz CT molecular complexity index is 345. The van der Waals surface area contributed by atoms with E-state index in [0.717, 1.165) is 9.63 Å². The van der Waals surface area contributed by atoms with Crippen molar-refractivity contribution in [2.45, 2.75) is 37.3 Å². The van der Waals surface area contributed by atoms with Crippen LogP contribution in [0.3, 0.4) is 0 Å². The maximum atomic E-state index is 10.3. The fourth-order valence-electron chi connectivity index (χ4n) is 1.06. The van der Waals surface area contributed by atoms with E-state index in [4.69, 9.17) is 10.2 Å². The van der Waals surface area contributed by atoms with Crippen LogP contribution in [0.2, 0.25) is 9.63 Å². The van der Waals surface area contributed by atoms with Crippen molar-refractivity contribution < 1.29 is 35.4 Å². The van der Waals surface area contributed by atoms with Crippen LogP contribution in [-0.4, -0.2) is 21.7 Å². The largest absolute Gasteiger partial charge is 0.507 e. The van der Waals surface area contributed by atoms with Crippen LogP contribution in [0, 0.1) is 0 Å². The molecule has 1 aromatic carbocycles. The summed E-state index contributed by atoms with van der Waals surface area (Å²) < 4.78 is 0. The molecule has 0 saturated heterocycles. The van der Waals surface area contributed by atoms with Gasteiger partial charge in [0, 0.05) is 0 Å². The van der Waals surface area contributed by atoms with Gasteiger partial charge in [-0.25, -0.2) is 4.79 Å². The van der Waals surface area contributed by atoms with Crippen molar-refractivity contribution >= 4 is 5.97 Å². The Morgan fingerprint density at radius 1 is 1.11 bits per heavy atom. The number of benzene rings is 1. The molecule has 0 aliphatic heterocycles. The summed E-state index contributed by atoms with van der Waals surface area (Å²) in [5, 5.41) is 17.3. The number of carboxylic acids is 1. The van der Waals surface area contributed by atoms with Crippen molar-refractivity contribution in [2.24, 2.45) is 0 Å². The van der Waals surface area contributed by atoms with Crippen LogP contribution in [0.5, 0.6) is 5.75 Å². The van der Waals surface area contributed by atoms with Gasteiger partial charge in [0.2, 0.25) is 0 Å². The molecule has 1 rings (SSSR count). The minimum absolute atomic E-state index is 0. The zero-order valence-electron chi connectivity index (χ0n) is 11.1. The van der Waals surface area contributed by atoms with E-state index in [-0.39, 0.29) is 16.8 Å². The van der Waals surface area contributed by atoms with Gasteiger partial charge in [-0.3, -0.25) is 0 Å². The van der Waals surface area contributed by atoms with Crippen LogP contribution >= 0.6 is 0 Å². The Morgan fingerprint density at radius 3 is 1.78 bits per heavy atom. The molecule has 0 heterocycles. The van der Waals surface area contributed by atoms with Gasteiger partial charge in [0.1, 0.15) is 11.3 Å². The van der Waals surface area contributed by atoms with Gasteiger partial charge >= 0.3 is 58.3 Å². The first kappa shape index (κ1) is 19.3. The normalized spacial score (nSPS) is 9.67. The van der Waals surface area contributed by atoms with E-state index in [1.807, 2.05) is 0 Å². The quantitative estimate of drug-likeness (QED) is 0.841. The number of hydrogen-bond acceptors (Lipinski definition) is 2. The molecule has 109 valence electrons. The first-order valence-electron chi connectivity index (χ1n) is 5.39. The van der Waals surface area contributed by atoms with E-state index in [1.54, 1.807) is 12.1 Å². The number of phenols is 1. The summed E-state index contributed by atoms with van der Waals surface area (Å²) in [7, 11) is 0. The van der Waals surface area contributed by atoms with Crippen molar-refractivity contribution in [3.05, 3.63) is 29.8 Å². The average Bonchev–Trinajstić information content (AvgIpc) is 2.16. The SMILES string of the molecule is C[CH](C)[Cu][CH](C)C.O.O=C(O)c1ccccc1O. The molecule has 0 unspecified atom stereocenters. The summed E-state index contributed by atoms with van der Waals surface area (Å²) in [6.07, 6.45) is 0. The Morgan fingerprint density at radius 2 is 1.56 bits per heavy atom. The fraction of sp³-hybridized carbons (Fsp3) is 0.462. The summed E-state index contributed by atoms with van der Waals surface area (Å²) >= 11 is 2.09. The minimum atomic E-state index is -1.11. The van der Waals surface area contributed by atoms with Crippen molar-refractivity contribution in [3.63, 3.8) is 0 Å². The second-order valence-electron chi connectivity index (χ2n) is 3.77. The Balaban J connectivity index is 0. The molecular weight excluding hydrogens is 284 g/mol. The van der Waals surface area contributed by atoms with E-state index in [0.29, 0.717) is 0 Å². The maximum absolute atomic E-state index is 10.3. The first-order valence-corrected chi connectivity index (χ1v) is 6.47. The zero-order valence-corrected chi connectivity index (χ0v) is 12.0. The van der Waals surface area contributed by atoms with E-state index >= 15 is 0 Å². The molecule has 0 bridgehead atoms. The molecule has 4 N–H and O–H groups in total. The van der Waals surface area contributed by atoms with Crippen LogP contribution in [0.15, 0.2) is 24.3 Å². The number of aromatic hydroxyl groups is 1. The van der Waals surface area contributed by atoms with Gasteiger partial charge in [-0.05, 0) is 12.1 Å². The molecule has 0 aromatic heterocycles. The molecular formula is C13H22CuO4. The third-order valence-electron chi connectivity index (χ3n) is 1.54. The van der Waals surface area contributed by atoms with E-state index in [1.165, 1.54) is 12.1 Å². The van der Waals surface area contributed by atoms with Gasteiger partial charge in [0.05, 0.1) is 0 Å². The molecule has 1 aromatic rings. The molecule has 0 amide bonds. The standard InChI is InChI=1S/C7H6O3.2C3H7.Cu.H2O/c8-6-4-2-1-3-5(6)7(9)10;2*1-3-2;;/h1-4,8H,(H,9,10);2*3H,1-2H3;;1H2. The minimum Gasteiger partial charge on any atom is -0.507 e. The zero-order chi connectivity index (χ0) is 13.4. The van der Waals surface area contributed by atoms with Crippen LogP contribution in [0.4, 0.5) is 0 Å². The average molecular weight is 306 g/mol. The van der Waals surface area contributed by atoms with Crippen LogP contribution in [-0.2, 0) is 15.0 Å². The molecule has 4 nitrogen and oxygen atoms in total. The molecule has 0 atom stereocenters. The van der Waals surface area contributed by atoms with Crippen molar-refractivity contribution in [2.75, 3.05) is 0 Å². The number of aromatic carboxylic acids is 1. The van der Waals surface area contributed by atoms with Crippen LogP contribution in [0.1, 0.15) is 38.1 Å². The summed E-state index contributed by atoms with van der Waals surface area (Å²) in [4.78, 5) is 11.8. The number of rotatable bonds is 3. The van der Waals surface area contributed by atoms with E-state index in [9.17, 15) is 4.79 Å². The van der Waals surface area contributed by atoms with Gasteiger partial charge in [-0.2, -0.15) is 0 Å². The summed E-state index contributed by atoms with van der Waals surface area (Å²) in [6.45, 7) is 8.89. The number of para-hydroxylation sites is 1. The molecule has 0 aliphatic rings. The topological polar surface area (TPSA) is 89.0 Å². The Kier molecular flexibility index (Phi) is 10.7. The third-order valence-corrected chi connectivity index (χ3v) is 2.79. The Hall–Kier alpha value is -1.03. The predicted molar refractivity (Wildman–Crippen MR) is 68.9 cm³/mol. The molecule has 0 fully saturated rings. The molecule has 0 aliphatic carbocycles. The third kappa shape index (κ3) is 9.05. The Labute approximate surface area is 115 Å². The van der Waals surface area contributed by atoms with Crippen LogP contribution < -0.4 is 0 Å². The second-order valence-corrected chi connectivity index (χ2v) is 6.26. The van der Waals surface area contributed by atoms with E-state index < -0.39 is 5.97 Å². The second kappa shape index (κ2) is 9.94. The molecule has 18 heavy (non-hydrogen) atoms. The van der Waals surface area contributed by atoms with Crippen molar-refractivity contribution in [3.8, 4) is 5.75 Å². The van der Waals surface area contributed by atoms with Gasteiger partial charge in [-0.15, -0.1) is 0 Å². The fourth-order valence-corrected chi connectivity index (χ4v) is 2.31. The van der Waals surface area contributed by atoms with Crippen molar-refractivity contribution in [1.82, 2.24) is 0 Å². The van der Waals surface area contributed by atoms with Crippen molar-refractivity contribution in [1.29, 1.82) is 0 Å². The number of hydrogen-bond donors (Lipinski definition) is 2. The molecule has 5 heteroatoms. The summed E-state index contributed by atoms with van der Waals surface area (Å²) in [5.41, 5.74) is -0.0671. The van der Waals surface area contributed by atoms with Gasteiger partial charge < -0.3 is 15.7 Å². The monoisotopic (exact) mass is 305 g/mol. The van der Waals surface area contributed by atoms with E-state index in [2.05, 4.69) is 42.7 Å². The molecule has 0 radical (unpaired) electrons. The number of carbonyl (C=O) groups is 1. The van der Waals surface area contributed by atoms with Gasteiger partial charge in [0.25, 0.3) is 0 Å². The predicted octanol–water partition coefficient (Wildman–Crippen LogP) is 2.99. The van der Waals surface area contributed by atoms with Gasteiger partial charge in [-0.1, -0.05) is 12.1 Å². The smallest absolute Gasteiger partial charge is 0.339 e. The molecule has 0 saturated carbocycles.